The van der Waals surface area contributed by atoms with Crippen LogP contribution in [0.5, 0.6) is 0 Å². The maximum Gasteiger partial charge on any atom is 0.248 e. The number of halogens is 1. The van der Waals surface area contributed by atoms with Crippen LogP contribution in [-0.2, 0) is 34.0 Å². The first-order valence-electron chi connectivity index (χ1n) is 15.8. The summed E-state index contributed by atoms with van der Waals surface area (Å²) in [5, 5.41) is 12.7. The number of pyridine rings is 2. The number of amides is 2. The predicted octanol–water partition coefficient (Wildman–Crippen LogP) is 4.00. The van der Waals surface area contributed by atoms with Crippen molar-refractivity contribution < 1.29 is 19.1 Å². The van der Waals surface area contributed by atoms with Crippen LogP contribution in [0.2, 0.25) is 0 Å². The Balaban J connectivity index is 1.14. The third kappa shape index (κ3) is 5.61. The second-order valence-corrected chi connectivity index (χ2v) is 13.7. The van der Waals surface area contributed by atoms with Crippen LogP contribution in [-0.4, -0.2) is 80.7 Å². The molecule has 5 aromatic rings. The van der Waals surface area contributed by atoms with Crippen LogP contribution in [0, 0.1) is 12.3 Å². The minimum atomic E-state index is -0.767. The molecule has 8 rings (SSSR count). The Morgan fingerprint density at radius 2 is 1.92 bits per heavy atom. The number of hydrogen-bond donors (Lipinski definition) is 1. The van der Waals surface area contributed by atoms with Crippen molar-refractivity contribution in [3.05, 3.63) is 83.0 Å². The number of likely N-dealkylation sites (tertiary alicyclic amines) is 1. The second-order valence-electron chi connectivity index (χ2n) is 12.9. The average molecular weight is 724 g/mol. The van der Waals surface area contributed by atoms with Gasteiger partial charge in [-0.05, 0) is 53.4 Å². The third-order valence-electron chi connectivity index (χ3n) is 9.58. The molecule has 2 amide bonds. The number of aryl methyl sites for hydroxylation is 1. The Hall–Kier alpha value is -5.15. The van der Waals surface area contributed by atoms with Gasteiger partial charge in [0.1, 0.15) is 34.5 Å². The number of rotatable bonds is 4. The van der Waals surface area contributed by atoms with Gasteiger partial charge in [0.15, 0.2) is 5.78 Å². The molecular formula is C34H31BrN10O4. The van der Waals surface area contributed by atoms with Gasteiger partial charge in [-0.3, -0.25) is 28.7 Å². The van der Waals surface area contributed by atoms with Crippen molar-refractivity contribution in [3.63, 3.8) is 0 Å². The number of aromatic nitrogens is 8. The Morgan fingerprint density at radius 3 is 2.71 bits per heavy atom. The van der Waals surface area contributed by atoms with E-state index >= 15 is 0 Å². The van der Waals surface area contributed by atoms with Crippen molar-refractivity contribution in [1.82, 2.24) is 44.4 Å². The number of nitrogens with one attached hydrogen (secondary N) is 1. The molecule has 2 aliphatic heterocycles. The van der Waals surface area contributed by atoms with Gasteiger partial charge in [-0.15, -0.1) is 0 Å². The summed E-state index contributed by atoms with van der Waals surface area (Å²) in [4.78, 5) is 60.4. The van der Waals surface area contributed by atoms with Crippen molar-refractivity contribution in [1.29, 1.82) is 0 Å². The first-order valence-corrected chi connectivity index (χ1v) is 16.6. The lowest BCUT2D eigenvalue weighted by atomic mass is 9.99. The maximum absolute atomic E-state index is 14.3. The van der Waals surface area contributed by atoms with Gasteiger partial charge in [0.2, 0.25) is 11.8 Å². The molecule has 0 aromatic carbocycles. The zero-order chi connectivity index (χ0) is 34.0. The predicted molar refractivity (Wildman–Crippen MR) is 181 cm³/mol. The molecule has 1 unspecified atom stereocenters. The highest BCUT2D eigenvalue weighted by atomic mass is 79.9. The van der Waals surface area contributed by atoms with Crippen molar-refractivity contribution in [2.24, 2.45) is 5.41 Å². The summed E-state index contributed by atoms with van der Waals surface area (Å²) in [7, 11) is 0. The van der Waals surface area contributed by atoms with E-state index in [1.54, 1.807) is 48.7 Å². The lowest BCUT2D eigenvalue weighted by Gasteiger charge is -2.27. The first-order chi connectivity index (χ1) is 23.6. The molecule has 15 heteroatoms. The van der Waals surface area contributed by atoms with Crippen molar-refractivity contribution in [2.45, 2.75) is 58.5 Å². The number of Topliss-reactive ketones (excluding diaryl/α,β-unsaturated/α-hetero) is 1. The minimum Gasteiger partial charge on any atom is -0.372 e. The van der Waals surface area contributed by atoms with Crippen LogP contribution in [0.15, 0.2) is 60.4 Å². The van der Waals surface area contributed by atoms with Gasteiger partial charge in [-0.1, -0.05) is 12.6 Å². The lowest BCUT2D eigenvalue weighted by molar-refractivity contribution is -0.138. The molecule has 248 valence electrons. The van der Waals surface area contributed by atoms with Crippen LogP contribution in [0.25, 0.3) is 27.7 Å². The fraction of sp³-hybridized carbons (Fsp3) is 0.324. The number of ketones is 1. The molecule has 1 N–H and O–H groups in total. The molecule has 5 aromatic heterocycles. The van der Waals surface area contributed by atoms with E-state index in [9.17, 15) is 14.4 Å². The molecule has 0 radical (unpaired) electrons. The number of nitrogens with zero attached hydrogens (tertiary/aromatic N) is 9. The van der Waals surface area contributed by atoms with Crippen molar-refractivity contribution >= 4 is 55.8 Å². The Labute approximate surface area is 288 Å². The molecule has 1 aliphatic carbocycles. The molecule has 49 heavy (non-hydrogen) atoms. The van der Waals surface area contributed by atoms with Gasteiger partial charge >= 0.3 is 0 Å². The summed E-state index contributed by atoms with van der Waals surface area (Å²) in [6, 6.07) is 4.44. The molecule has 14 nitrogen and oxygen atoms in total. The van der Waals surface area contributed by atoms with Gasteiger partial charge in [0.05, 0.1) is 36.8 Å². The molecule has 4 bridgehead atoms. The smallest absolute Gasteiger partial charge is 0.248 e. The van der Waals surface area contributed by atoms with E-state index in [1.165, 1.54) is 11.6 Å². The number of carbonyl (C=O) groups is 3. The average Bonchev–Trinajstić information content (AvgIpc) is 3.36. The second kappa shape index (κ2) is 11.8. The van der Waals surface area contributed by atoms with E-state index in [1.807, 2.05) is 16.9 Å². The number of carbonyl (C=O) groups excluding carboxylic acids is 3. The van der Waals surface area contributed by atoms with Crippen LogP contribution in [0.4, 0.5) is 5.82 Å². The fourth-order valence-corrected chi connectivity index (χ4v) is 7.31. The third-order valence-corrected chi connectivity index (χ3v) is 10.0. The van der Waals surface area contributed by atoms with E-state index in [4.69, 9.17) is 4.74 Å². The van der Waals surface area contributed by atoms with Crippen LogP contribution >= 0.6 is 15.9 Å². The van der Waals surface area contributed by atoms with Gasteiger partial charge in [-0.2, -0.15) is 10.2 Å². The standard InChI is InChI=1S/C34H31BrN10O4/c1-18-15-49-16-21-4-5-29(35)40-32(21)41-33(48)26-7-34(17-43-13-23(18)11-39-43)8-28(34)45(26)30(47)14-44-27-12-38-25(22-9-36-20(3)37-10-22)6-24(27)31(42-44)19(2)46/h4-6,9-13,26,28H,1,7-8,14-17H2,2-3H3,(H,40,41,48)/t26-,28?,34-/m0/s1. The molecule has 3 aliphatic rings. The fourth-order valence-electron chi connectivity index (χ4n) is 7.00. The summed E-state index contributed by atoms with van der Waals surface area (Å²) < 4.78 is 9.85. The number of anilines is 1. The first kappa shape index (κ1) is 31.1. The number of piperidine rings is 1. The van der Waals surface area contributed by atoms with Crippen LogP contribution < -0.4 is 5.32 Å². The van der Waals surface area contributed by atoms with Gasteiger partial charge in [0.25, 0.3) is 0 Å². The quantitative estimate of drug-likeness (QED) is 0.212. The Morgan fingerprint density at radius 1 is 1.10 bits per heavy atom. The van der Waals surface area contributed by atoms with E-state index < -0.39 is 6.04 Å². The summed E-state index contributed by atoms with van der Waals surface area (Å²) in [5.74, 6) is 0.114. The Kier molecular flexibility index (Phi) is 7.48. The summed E-state index contributed by atoms with van der Waals surface area (Å²) in [5.41, 5.74) is 4.03. The number of fused-ring (bicyclic) bond motifs is 5. The summed E-state index contributed by atoms with van der Waals surface area (Å²) in [6.07, 6.45) is 9.82. The topological polar surface area (TPSA) is 163 Å². The zero-order valence-corrected chi connectivity index (χ0v) is 28.3. The monoisotopic (exact) mass is 722 g/mol. The van der Waals surface area contributed by atoms with Crippen molar-refractivity contribution in [2.75, 3.05) is 11.9 Å². The van der Waals surface area contributed by atoms with E-state index in [-0.39, 0.29) is 47.9 Å². The minimum absolute atomic E-state index is 0.182. The normalized spacial score (nSPS) is 21.8. The lowest BCUT2D eigenvalue weighted by Crippen LogP contribution is -2.47. The highest BCUT2D eigenvalue weighted by Gasteiger charge is 2.67. The van der Waals surface area contributed by atoms with Crippen molar-refractivity contribution in [3.8, 4) is 11.3 Å². The largest absolute Gasteiger partial charge is 0.372 e. The molecule has 1 saturated heterocycles. The van der Waals surface area contributed by atoms with E-state index in [0.29, 0.717) is 63.5 Å². The number of ether oxygens (including phenoxy) is 1. The van der Waals surface area contributed by atoms with Gasteiger partial charge in [0, 0.05) is 65.6 Å². The molecular weight excluding hydrogens is 692 g/mol. The molecule has 3 atom stereocenters. The van der Waals surface area contributed by atoms with Gasteiger partial charge < -0.3 is 15.0 Å². The summed E-state index contributed by atoms with van der Waals surface area (Å²) >= 11 is 3.41. The van der Waals surface area contributed by atoms with E-state index in [2.05, 4.69) is 58.0 Å². The molecule has 7 heterocycles. The zero-order valence-electron chi connectivity index (χ0n) is 26.8. The molecule has 1 spiro atoms. The molecule has 2 fully saturated rings. The number of hydrogen-bond acceptors (Lipinski definition) is 10. The van der Waals surface area contributed by atoms with Crippen LogP contribution in [0.1, 0.15) is 47.2 Å². The SMILES string of the molecule is C=C1COCc2ccc(Br)nc2NC(=O)[C@@H]2C[C@]3(CC3N2C(=O)Cn2nc(C(C)=O)c3cc(-c4cnc(C)nc4)ncc32)Cn2cc1cn2. The highest BCUT2D eigenvalue weighted by Crippen LogP contribution is 2.60. The van der Waals surface area contributed by atoms with Gasteiger partial charge in [-0.25, -0.2) is 15.0 Å². The maximum atomic E-state index is 14.3. The van der Waals surface area contributed by atoms with E-state index in [0.717, 1.165) is 17.6 Å². The summed E-state index contributed by atoms with van der Waals surface area (Å²) in [6.45, 7) is 8.24. The molecule has 1 saturated carbocycles. The Bertz CT molecular complexity index is 2190. The van der Waals surface area contributed by atoms with Crippen LogP contribution in [0.3, 0.4) is 0 Å². The highest BCUT2D eigenvalue weighted by molar-refractivity contribution is 9.10.